The summed E-state index contributed by atoms with van der Waals surface area (Å²) in [5.74, 6) is -4.46. The van der Waals surface area contributed by atoms with Crippen molar-refractivity contribution >= 4 is 62.3 Å². The number of nitrogens with zero attached hydrogens (tertiary/aromatic N) is 6. The van der Waals surface area contributed by atoms with Crippen LogP contribution in [0.2, 0.25) is 5.02 Å². The first-order valence-electron chi connectivity index (χ1n) is 19.1. The van der Waals surface area contributed by atoms with Crippen molar-refractivity contribution in [1.82, 2.24) is 29.9 Å². The van der Waals surface area contributed by atoms with Gasteiger partial charge in [-0.2, -0.15) is 40.2 Å². The van der Waals surface area contributed by atoms with Crippen LogP contribution < -0.4 is 9.62 Å². The highest BCUT2D eigenvalue weighted by Gasteiger charge is 2.53. The molecule has 0 spiro atoms. The molecule has 0 saturated carbocycles. The van der Waals surface area contributed by atoms with Crippen LogP contribution in [0.15, 0.2) is 42.5 Å². The largest absolute Gasteiger partial charge is 0.593 e. The molecule has 11 nitrogen and oxygen atoms in total. The van der Waals surface area contributed by atoms with Crippen LogP contribution in [0.25, 0.3) is 22.0 Å². The van der Waals surface area contributed by atoms with Crippen molar-refractivity contribution in [3.63, 3.8) is 0 Å². The zero-order chi connectivity index (χ0) is 48.3. The predicted molar refractivity (Wildman–Crippen MR) is 221 cm³/mol. The maximum Gasteiger partial charge on any atom is 0.435 e. The monoisotopic (exact) mass is 979 g/mol. The van der Waals surface area contributed by atoms with E-state index in [4.69, 9.17) is 11.6 Å². The summed E-state index contributed by atoms with van der Waals surface area (Å²) in [6.45, 7) is 2.18. The number of amides is 2. The number of benzene rings is 2. The molecular formula is C41H36ClF10N7O4S2. The van der Waals surface area contributed by atoms with Crippen LogP contribution in [0.5, 0.6) is 0 Å². The van der Waals surface area contributed by atoms with Gasteiger partial charge in [-0.25, -0.2) is 13.8 Å². The van der Waals surface area contributed by atoms with Crippen molar-refractivity contribution in [3.05, 3.63) is 93.0 Å². The van der Waals surface area contributed by atoms with Gasteiger partial charge in [0.2, 0.25) is 11.7 Å². The Morgan fingerprint density at radius 3 is 2.25 bits per heavy atom. The summed E-state index contributed by atoms with van der Waals surface area (Å²) in [6, 6.07) is 5.65. The highest BCUT2D eigenvalue weighted by molar-refractivity contribution is 7.92. The number of aromatic nitrogens is 5. The lowest BCUT2D eigenvalue weighted by molar-refractivity contribution is -0.143. The smallest absolute Gasteiger partial charge is 0.435 e. The van der Waals surface area contributed by atoms with E-state index in [0.717, 1.165) is 32.2 Å². The Hall–Kier alpha value is -5.18. The van der Waals surface area contributed by atoms with Gasteiger partial charge in [-0.05, 0) is 68.0 Å². The van der Waals surface area contributed by atoms with Gasteiger partial charge < -0.3 is 9.87 Å². The van der Waals surface area contributed by atoms with Gasteiger partial charge in [0.05, 0.1) is 39.0 Å². The van der Waals surface area contributed by atoms with Crippen LogP contribution in [0.4, 0.5) is 49.7 Å². The molecule has 6 rings (SSSR count). The summed E-state index contributed by atoms with van der Waals surface area (Å²) in [5, 5.41) is 9.33. The number of nitrogens with one attached hydrogen (secondary N) is 1. The van der Waals surface area contributed by atoms with Crippen molar-refractivity contribution < 1.29 is 62.3 Å². The van der Waals surface area contributed by atoms with E-state index >= 15 is 8.78 Å². The highest BCUT2D eigenvalue weighted by atomic mass is 35.5. The Kier molecular flexibility index (Phi) is 13.6. The van der Waals surface area contributed by atoms with Crippen LogP contribution >= 0.6 is 11.6 Å². The molecule has 3 heterocycles. The SMILES string of the molecule is CC(=O)N(c1nn(CC(F)(F)F)c2c(-c3ccc(C#CC(C)(C)S(C)=O)nc3C(Cc3cc(F)cc(F)c3)NC(=O)Cn3nc(C(F)(F)F)c4c3C(F)(F)C[C@@H]4C)ccc(Cl)c12)[S+](C)[O-]. The third-order valence-corrected chi connectivity index (χ3v) is 13.1. The van der Waals surface area contributed by atoms with E-state index in [1.54, 1.807) is 13.8 Å². The lowest BCUT2D eigenvalue weighted by Crippen LogP contribution is -2.35. The number of halogens is 11. The second-order valence-corrected chi connectivity index (χ2v) is 19.2. The molecule has 1 aliphatic rings. The number of hydrogen-bond donors (Lipinski definition) is 1. The first-order valence-corrected chi connectivity index (χ1v) is 22.5. The summed E-state index contributed by atoms with van der Waals surface area (Å²) in [4.78, 5) is 31.4. The Morgan fingerprint density at radius 2 is 1.68 bits per heavy atom. The fraction of sp³-hybridized carbons (Fsp3) is 0.390. The van der Waals surface area contributed by atoms with Crippen molar-refractivity contribution in [3.8, 4) is 23.0 Å². The maximum absolute atomic E-state index is 15.3. The Labute approximate surface area is 374 Å². The average molecular weight is 980 g/mol. The number of hydrogen-bond acceptors (Lipinski definition) is 7. The highest BCUT2D eigenvalue weighted by Crippen LogP contribution is 2.52. The van der Waals surface area contributed by atoms with Crippen LogP contribution in [0.3, 0.4) is 0 Å². The zero-order valence-corrected chi connectivity index (χ0v) is 37.2. The fourth-order valence-corrected chi connectivity index (χ4v) is 8.64. The van der Waals surface area contributed by atoms with Crippen LogP contribution in [-0.4, -0.2) is 68.6 Å². The molecule has 0 aliphatic heterocycles. The Balaban J connectivity index is 1.63. The summed E-state index contributed by atoms with van der Waals surface area (Å²) >= 11 is 4.38. The van der Waals surface area contributed by atoms with Gasteiger partial charge in [0, 0.05) is 53.2 Å². The molecule has 1 N–H and O–H groups in total. The molecule has 24 heteroatoms. The second kappa shape index (κ2) is 17.9. The first-order chi connectivity index (χ1) is 30.0. The standard InChI is InChI=1S/C41H36ClF10N7O4S2/c1-20-17-39(45,46)36-31(20)35(41(50,51)52)55-57(36)18-30(61)54-29(15-22-13-23(43)16-24(44)14-22)33-26(8-7-25(53-33)11-12-38(3,4)64(5)62)27-9-10-28(42)32-34(27)58(19-40(47,48)49)56-37(32)59(21(2)60)65(6)63/h7-10,13-14,16,20,29H,15,17-19H2,1-6H3,(H,54,61)/t20-,29?,64?,65?/m0/s1. The molecular weight excluding hydrogens is 944 g/mol. The summed E-state index contributed by atoms with van der Waals surface area (Å²) in [5.41, 5.74) is -4.87. The van der Waals surface area contributed by atoms with Gasteiger partial charge in [-0.15, -0.1) is 9.40 Å². The fourth-order valence-electron chi connectivity index (χ4n) is 7.47. The number of alkyl halides is 8. The molecule has 65 heavy (non-hydrogen) atoms. The van der Waals surface area contributed by atoms with E-state index in [9.17, 15) is 53.5 Å². The molecule has 5 aromatic rings. The number of anilines is 1. The molecule has 2 aromatic carbocycles. The topological polar surface area (TPSA) is 138 Å². The third-order valence-electron chi connectivity index (χ3n) is 10.3. The molecule has 4 atom stereocenters. The summed E-state index contributed by atoms with van der Waals surface area (Å²) in [7, 11) is -1.53. The molecule has 1 aliphatic carbocycles. The Morgan fingerprint density at radius 1 is 1.05 bits per heavy atom. The zero-order valence-electron chi connectivity index (χ0n) is 34.8. The maximum atomic E-state index is 15.3. The third kappa shape index (κ3) is 10.4. The lowest BCUT2D eigenvalue weighted by atomic mass is 9.93. The van der Waals surface area contributed by atoms with E-state index < -0.39 is 135 Å². The summed E-state index contributed by atoms with van der Waals surface area (Å²) in [6.07, 6.45) is -9.33. The van der Waals surface area contributed by atoms with Crippen LogP contribution in [0.1, 0.15) is 80.0 Å². The minimum Gasteiger partial charge on any atom is -0.593 e. The first kappa shape index (κ1) is 49.3. The van der Waals surface area contributed by atoms with Crippen LogP contribution in [0, 0.1) is 23.5 Å². The van der Waals surface area contributed by atoms with E-state index in [1.807, 2.05) is 0 Å². The number of rotatable bonds is 11. The molecule has 348 valence electrons. The van der Waals surface area contributed by atoms with Crippen molar-refractivity contribution in [2.45, 2.75) is 88.6 Å². The molecule has 0 fully saturated rings. The normalized spacial score (nSPS) is 16.4. The lowest BCUT2D eigenvalue weighted by Gasteiger charge is -2.23. The van der Waals surface area contributed by atoms with Gasteiger partial charge >= 0.3 is 12.4 Å². The summed E-state index contributed by atoms with van der Waals surface area (Å²) < 4.78 is 171. The van der Waals surface area contributed by atoms with Crippen LogP contribution in [-0.2, 0) is 63.4 Å². The predicted octanol–water partition coefficient (Wildman–Crippen LogP) is 8.66. The number of carbonyl (C=O) groups excluding carboxylic acids is 2. The Bertz CT molecular complexity index is 2780. The molecule has 2 amide bonds. The molecule has 0 saturated heterocycles. The van der Waals surface area contributed by atoms with E-state index in [1.165, 1.54) is 30.5 Å². The van der Waals surface area contributed by atoms with Gasteiger partial charge in [-0.1, -0.05) is 30.5 Å². The van der Waals surface area contributed by atoms with E-state index in [2.05, 4.69) is 32.3 Å². The molecule has 3 aromatic heterocycles. The van der Waals surface area contributed by atoms with Gasteiger partial charge in [0.15, 0.2) is 5.69 Å². The second-order valence-electron chi connectivity index (χ2n) is 15.7. The quantitative estimate of drug-likeness (QED) is 0.0795. The molecule has 0 bridgehead atoms. The van der Waals surface area contributed by atoms with E-state index in [-0.39, 0.29) is 43.2 Å². The average Bonchev–Trinajstić information content (AvgIpc) is 3.79. The van der Waals surface area contributed by atoms with Gasteiger partial charge in [-0.3, -0.25) is 23.2 Å². The van der Waals surface area contributed by atoms with Gasteiger partial charge in [0.25, 0.3) is 11.8 Å². The van der Waals surface area contributed by atoms with E-state index in [0.29, 0.717) is 15.1 Å². The minimum absolute atomic E-state index is 0.112. The number of pyridine rings is 1. The van der Waals surface area contributed by atoms with Gasteiger partial charge in [0.1, 0.15) is 47.1 Å². The minimum atomic E-state index is -5.19. The number of carbonyl (C=O) groups is 2. The molecule has 3 unspecified atom stereocenters. The van der Waals surface area contributed by atoms with Crippen molar-refractivity contribution in [1.29, 1.82) is 0 Å². The van der Waals surface area contributed by atoms with Crippen molar-refractivity contribution in [2.24, 2.45) is 0 Å². The molecule has 0 radical (unpaired) electrons. The number of fused-ring (bicyclic) bond motifs is 2. The van der Waals surface area contributed by atoms with Crippen molar-refractivity contribution in [2.75, 3.05) is 16.8 Å².